The van der Waals surface area contributed by atoms with Crippen LogP contribution in [0.25, 0.3) is 0 Å². The lowest BCUT2D eigenvalue weighted by atomic mass is 9.92. The van der Waals surface area contributed by atoms with Crippen LogP contribution < -0.4 is 0 Å². The molecule has 0 bridgehead atoms. The van der Waals surface area contributed by atoms with Gasteiger partial charge in [0.1, 0.15) is 0 Å². The number of nitrogens with zero attached hydrogens (tertiary/aromatic N) is 1. The predicted octanol–water partition coefficient (Wildman–Crippen LogP) is 2.36. The van der Waals surface area contributed by atoms with Crippen molar-refractivity contribution in [3.05, 3.63) is 0 Å². The maximum Gasteiger partial charge on any atom is 0.320 e. The van der Waals surface area contributed by atoms with E-state index in [1.54, 1.807) is 0 Å². The molecule has 1 heterocycles. The molecule has 110 valence electrons. The van der Waals surface area contributed by atoms with Gasteiger partial charge in [0, 0.05) is 12.1 Å². The largest absolute Gasteiger partial charge is 0.465 e. The van der Waals surface area contributed by atoms with Gasteiger partial charge in [-0.05, 0) is 53.9 Å². The first-order chi connectivity index (χ1) is 8.75. The molecule has 1 saturated carbocycles. The highest BCUT2D eigenvalue weighted by atomic mass is 16.5. The summed E-state index contributed by atoms with van der Waals surface area (Å²) in [4.78, 5) is 14.1. The third-order valence-electron chi connectivity index (χ3n) is 4.06. The Morgan fingerprint density at radius 2 is 1.95 bits per heavy atom. The van der Waals surface area contributed by atoms with Gasteiger partial charge in [0.25, 0.3) is 0 Å². The molecule has 4 nitrogen and oxygen atoms in total. The summed E-state index contributed by atoms with van der Waals surface area (Å²) < 4.78 is 11.3. The standard InChI is InChI=1S/C15H27NO3/c1-6-18-13(17)10-16(11-7-8-11)12-9-14(2,3)19-15(12,4)5/h11-12H,6-10H2,1-5H3. The Bertz CT molecular complexity index is 347. The van der Waals surface area contributed by atoms with Crippen molar-refractivity contribution in [1.29, 1.82) is 0 Å². The highest BCUT2D eigenvalue weighted by Crippen LogP contribution is 2.43. The lowest BCUT2D eigenvalue weighted by molar-refractivity contribution is -0.146. The van der Waals surface area contributed by atoms with Crippen molar-refractivity contribution in [3.63, 3.8) is 0 Å². The van der Waals surface area contributed by atoms with Crippen LogP contribution >= 0.6 is 0 Å². The van der Waals surface area contributed by atoms with E-state index in [9.17, 15) is 4.79 Å². The zero-order valence-electron chi connectivity index (χ0n) is 12.9. The van der Waals surface area contributed by atoms with Crippen molar-refractivity contribution in [2.75, 3.05) is 13.2 Å². The molecule has 0 aromatic carbocycles. The van der Waals surface area contributed by atoms with Gasteiger partial charge in [-0.2, -0.15) is 0 Å². The monoisotopic (exact) mass is 269 g/mol. The fourth-order valence-corrected chi connectivity index (χ4v) is 3.31. The van der Waals surface area contributed by atoms with E-state index < -0.39 is 0 Å². The summed E-state index contributed by atoms with van der Waals surface area (Å²) in [6, 6.07) is 0.825. The first kappa shape index (κ1) is 14.8. The van der Waals surface area contributed by atoms with Crippen LogP contribution in [0.1, 0.15) is 53.9 Å². The van der Waals surface area contributed by atoms with Crippen LogP contribution in [0.15, 0.2) is 0 Å². The molecule has 0 aromatic heterocycles. The minimum atomic E-state index is -0.210. The zero-order chi connectivity index (χ0) is 14.3. The number of carbonyl (C=O) groups excluding carboxylic acids is 1. The minimum absolute atomic E-state index is 0.115. The van der Waals surface area contributed by atoms with Crippen LogP contribution in [-0.4, -0.2) is 47.3 Å². The van der Waals surface area contributed by atoms with Gasteiger partial charge in [-0.1, -0.05) is 0 Å². The van der Waals surface area contributed by atoms with E-state index >= 15 is 0 Å². The van der Waals surface area contributed by atoms with Crippen molar-refractivity contribution in [1.82, 2.24) is 4.90 Å². The summed E-state index contributed by atoms with van der Waals surface area (Å²) in [5.41, 5.74) is -0.325. The van der Waals surface area contributed by atoms with E-state index in [2.05, 4.69) is 32.6 Å². The summed E-state index contributed by atoms with van der Waals surface area (Å²) in [6.07, 6.45) is 3.34. The SMILES string of the molecule is CCOC(=O)CN(C1CC1)C1CC(C)(C)OC1(C)C. The van der Waals surface area contributed by atoms with Crippen molar-refractivity contribution in [3.8, 4) is 0 Å². The Morgan fingerprint density at radius 3 is 2.37 bits per heavy atom. The van der Waals surface area contributed by atoms with E-state index in [1.165, 1.54) is 12.8 Å². The van der Waals surface area contributed by atoms with Crippen LogP contribution in [0.3, 0.4) is 0 Å². The van der Waals surface area contributed by atoms with Crippen LogP contribution in [-0.2, 0) is 14.3 Å². The Hall–Kier alpha value is -0.610. The van der Waals surface area contributed by atoms with Gasteiger partial charge in [0.15, 0.2) is 0 Å². The first-order valence-corrected chi connectivity index (χ1v) is 7.37. The Kier molecular flexibility index (Phi) is 3.94. The number of ether oxygens (including phenoxy) is 2. The Balaban J connectivity index is 2.09. The molecule has 0 aromatic rings. The molecule has 2 aliphatic rings. The Morgan fingerprint density at radius 1 is 1.32 bits per heavy atom. The molecule has 0 spiro atoms. The van der Waals surface area contributed by atoms with Gasteiger partial charge in [-0.3, -0.25) is 9.69 Å². The molecular weight excluding hydrogens is 242 g/mol. The van der Waals surface area contributed by atoms with Gasteiger partial charge < -0.3 is 9.47 Å². The predicted molar refractivity (Wildman–Crippen MR) is 74.0 cm³/mol. The number of rotatable bonds is 5. The van der Waals surface area contributed by atoms with Crippen LogP contribution in [0.4, 0.5) is 0 Å². The third kappa shape index (κ3) is 3.48. The fourth-order valence-electron chi connectivity index (χ4n) is 3.31. The van der Waals surface area contributed by atoms with Crippen molar-refractivity contribution >= 4 is 5.97 Å². The molecule has 1 atom stereocenters. The third-order valence-corrected chi connectivity index (χ3v) is 4.06. The minimum Gasteiger partial charge on any atom is -0.465 e. The summed E-state index contributed by atoms with van der Waals surface area (Å²) >= 11 is 0. The van der Waals surface area contributed by atoms with Gasteiger partial charge >= 0.3 is 5.97 Å². The van der Waals surface area contributed by atoms with Gasteiger partial charge in [0.05, 0.1) is 24.4 Å². The second-order valence-corrected chi connectivity index (χ2v) is 6.89. The lowest BCUT2D eigenvalue weighted by Gasteiger charge is -2.35. The summed E-state index contributed by atoms with van der Waals surface area (Å²) in [7, 11) is 0. The van der Waals surface area contributed by atoms with E-state index in [0.717, 1.165) is 6.42 Å². The number of esters is 1. The first-order valence-electron chi connectivity index (χ1n) is 7.37. The average Bonchev–Trinajstić information content (AvgIpc) is 3.02. The molecular formula is C15H27NO3. The summed E-state index contributed by atoms with van der Waals surface area (Å²) in [6.45, 7) is 11.2. The molecule has 19 heavy (non-hydrogen) atoms. The van der Waals surface area contributed by atoms with Crippen LogP contribution in [0, 0.1) is 0 Å². The smallest absolute Gasteiger partial charge is 0.320 e. The van der Waals surface area contributed by atoms with Gasteiger partial charge in [0.2, 0.25) is 0 Å². The van der Waals surface area contributed by atoms with Gasteiger partial charge in [-0.25, -0.2) is 0 Å². The van der Waals surface area contributed by atoms with E-state index in [1.807, 2.05) is 6.92 Å². The molecule has 2 fully saturated rings. The second kappa shape index (κ2) is 5.06. The Labute approximate surface area is 116 Å². The maximum absolute atomic E-state index is 11.8. The summed E-state index contributed by atoms with van der Waals surface area (Å²) in [5, 5.41) is 0. The number of hydrogen-bond donors (Lipinski definition) is 0. The number of hydrogen-bond acceptors (Lipinski definition) is 4. The number of carbonyl (C=O) groups is 1. The molecule has 4 heteroatoms. The lowest BCUT2D eigenvalue weighted by Crippen LogP contribution is -2.49. The van der Waals surface area contributed by atoms with Crippen molar-refractivity contribution < 1.29 is 14.3 Å². The van der Waals surface area contributed by atoms with E-state index in [-0.39, 0.29) is 17.2 Å². The van der Waals surface area contributed by atoms with Crippen molar-refractivity contribution in [2.24, 2.45) is 0 Å². The second-order valence-electron chi connectivity index (χ2n) is 6.89. The van der Waals surface area contributed by atoms with Crippen molar-refractivity contribution in [2.45, 2.75) is 77.2 Å². The molecule has 1 saturated heterocycles. The molecule has 0 radical (unpaired) electrons. The zero-order valence-corrected chi connectivity index (χ0v) is 12.9. The quantitative estimate of drug-likeness (QED) is 0.718. The molecule has 0 N–H and O–H groups in total. The van der Waals surface area contributed by atoms with E-state index in [0.29, 0.717) is 25.2 Å². The molecule has 2 rings (SSSR count). The van der Waals surface area contributed by atoms with Crippen LogP contribution in [0.2, 0.25) is 0 Å². The van der Waals surface area contributed by atoms with Gasteiger partial charge in [-0.15, -0.1) is 0 Å². The highest BCUT2D eigenvalue weighted by Gasteiger charge is 2.51. The van der Waals surface area contributed by atoms with E-state index in [4.69, 9.17) is 9.47 Å². The van der Waals surface area contributed by atoms with Crippen LogP contribution in [0.5, 0.6) is 0 Å². The topological polar surface area (TPSA) is 38.8 Å². The molecule has 1 unspecified atom stereocenters. The maximum atomic E-state index is 11.8. The average molecular weight is 269 g/mol. The molecule has 0 amide bonds. The molecule has 1 aliphatic carbocycles. The molecule has 1 aliphatic heterocycles. The highest BCUT2D eigenvalue weighted by molar-refractivity contribution is 5.71. The fraction of sp³-hybridized carbons (Fsp3) is 0.933. The summed E-state index contributed by atoms with van der Waals surface area (Å²) in [5.74, 6) is -0.116. The normalized spacial score (nSPS) is 28.6.